The molecule has 0 aliphatic rings. The van der Waals surface area contributed by atoms with Crippen LogP contribution >= 0.6 is 8.35 Å². The number of hydrogen-bond donors (Lipinski definition) is 1. The topological polar surface area (TPSA) is 15.8 Å². The van der Waals surface area contributed by atoms with Gasteiger partial charge in [0.15, 0.2) is 0 Å². The van der Waals surface area contributed by atoms with E-state index >= 15 is 0 Å². The molecule has 1 N–H and O–H groups in total. The predicted octanol–water partition coefficient (Wildman–Crippen LogP) is 1.39. The minimum absolute atomic E-state index is 1.15. The molecule has 1 nitrogen and oxygen atoms in total. The monoisotopic (exact) mass is 84.0 g/mol. The SMILES string of the molecule is [c]1ccp[nH]1. The van der Waals surface area contributed by atoms with E-state index in [9.17, 15) is 0 Å². The summed E-state index contributed by atoms with van der Waals surface area (Å²) in [5.74, 6) is 1.99. The second kappa shape index (κ2) is 1.23. The molecule has 2 heteroatoms. The van der Waals surface area contributed by atoms with Crippen LogP contribution in [0.4, 0.5) is 0 Å². The van der Waals surface area contributed by atoms with Gasteiger partial charge in [-0.2, -0.15) is 0 Å². The highest BCUT2D eigenvalue weighted by Crippen LogP contribution is 1.91. The normalized spacial score (nSPS) is 9.60. The number of aromatic nitrogens is 1. The summed E-state index contributed by atoms with van der Waals surface area (Å²) in [7, 11) is 1.15. The number of hydrogen-bond acceptors (Lipinski definition) is 0. The lowest BCUT2D eigenvalue weighted by Crippen LogP contribution is -1.33. The average molecular weight is 84.0 g/mol. The highest BCUT2D eigenvalue weighted by atomic mass is 31.0. The van der Waals surface area contributed by atoms with E-state index in [1.54, 1.807) is 0 Å². The van der Waals surface area contributed by atoms with Gasteiger partial charge in [0, 0.05) is 8.35 Å². The Morgan fingerprint density at radius 2 is 2.80 bits per heavy atom. The summed E-state index contributed by atoms with van der Waals surface area (Å²) in [6.07, 6.45) is 2.78. The molecule has 0 aliphatic heterocycles. The maximum atomic E-state index is 2.83. The molecular formula is C3H3NP. The van der Waals surface area contributed by atoms with Gasteiger partial charge in [0.25, 0.3) is 0 Å². The molecule has 0 saturated heterocycles. The van der Waals surface area contributed by atoms with Gasteiger partial charge in [0.2, 0.25) is 0 Å². The zero-order valence-electron chi connectivity index (χ0n) is 2.60. The van der Waals surface area contributed by atoms with E-state index in [2.05, 4.69) is 10.9 Å². The van der Waals surface area contributed by atoms with Crippen LogP contribution in [0.3, 0.4) is 0 Å². The summed E-state index contributed by atoms with van der Waals surface area (Å²) in [5, 5.41) is 0. The molecule has 0 amide bonds. The number of rotatable bonds is 0. The lowest BCUT2D eigenvalue weighted by molar-refractivity contribution is 1.56. The summed E-state index contributed by atoms with van der Waals surface area (Å²) < 4.78 is 2.83. The van der Waals surface area contributed by atoms with Crippen molar-refractivity contribution >= 4 is 8.35 Å². The van der Waals surface area contributed by atoms with E-state index in [1.165, 1.54) is 0 Å². The van der Waals surface area contributed by atoms with Crippen LogP contribution in [-0.2, 0) is 0 Å². The summed E-state index contributed by atoms with van der Waals surface area (Å²) in [5.41, 5.74) is 0. The van der Waals surface area contributed by atoms with Gasteiger partial charge in [-0.25, -0.2) is 0 Å². The van der Waals surface area contributed by atoms with Gasteiger partial charge in [0.05, 0.1) is 6.20 Å². The third-order valence-corrected chi connectivity index (χ3v) is 0.918. The summed E-state index contributed by atoms with van der Waals surface area (Å²) in [6, 6.07) is 1.86. The van der Waals surface area contributed by atoms with E-state index in [0.29, 0.717) is 0 Å². The Kier molecular flexibility index (Phi) is 0.718. The van der Waals surface area contributed by atoms with Crippen molar-refractivity contribution in [2.75, 3.05) is 0 Å². The van der Waals surface area contributed by atoms with Crippen molar-refractivity contribution in [3.05, 3.63) is 18.1 Å². The lowest BCUT2D eigenvalue weighted by Gasteiger charge is -1.45. The molecule has 0 aliphatic carbocycles. The molecule has 25 valence electrons. The first kappa shape index (κ1) is 2.92. The van der Waals surface area contributed by atoms with Crippen LogP contribution in [0.2, 0.25) is 0 Å². The number of nitrogens with one attached hydrogen (secondary N) is 1. The molecule has 0 saturated carbocycles. The molecule has 0 atom stereocenters. The van der Waals surface area contributed by atoms with E-state index < -0.39 is 0 Å². The molecule has 5 heavy (non-hydrogen) atoms. The van der Waals surface area contributed by atoms with E-state index in [0.717, 1.165) is 8.35 Å². The Hall–Kier alpha value is -0.290. The van der Waals surface area contributed by atoms with Crippen molar-refractivity contribution in [2.45, 2.75) is 0 Å². The number of H-pyrrole nitrogens is 1. The van der Waals surface area contributed by atoms with Crippen molar-refractivity contribution in [2.24, 2.45) is 0 Å². The Morgan fingerprint density at radius 3 is 3.00 bits per heavy atom. The largest absolute Gasteiger partial charge is 0.336 e. The maximum absolute atomic E-state index is 2.83. The molecule has 0 spiro atoms. The molecule has 1 aromatic rings. The Morgan fingerprint density at radius 1 is 1.80 bits per heavy atom. The van der Waals surface area contributed by atoms with E-state index in [1.807, 2.05) is 11.9 Å². The summed E-state index contributed by atoms with van der Waals surface area (Å²) >= 11 is 0. The first-order valence-corrected chi connectivity index (χ1v) is 2.32. The van der Waals surface area contributed by atoms with Crippen LogP contribution in [0.25, 0.3) is 0 Å². The second-order valence-electron chi connectivity index (χ2n) is 0.701. The molecule has 1 radical (unpaired) electrons. The standard InChI is InChI=1S/C3H3NP/c1-2-4-5-3-1/h1,3-4H. The van der Waals surface area contributed by atoms with Crippen LogP contribution in [0, 0.1) is 6.20 Å². The van der Waals surface area contributed by atoms with Crippen molar-refractivity contribution in [1.82, 2.24) is 4.75 Å². The van der Waals surface area contributed by atoms with Gasteiger partial charge >= 0.3 is 0 Å². The Balaban J connectivity index is 3.13. The fraction of sp³-hybridized carbons (Fsp3) is 0. The van der Waals surface area contributed by atoms with Crippen LogP contribution in [-0.4, -0.2) is 4.75 Å². The Labute approximate surface area is 32.2 Å². The average Bonchev–Trinajstić information content (AvgIpc) is 1.76. The van der Waals surface area contributed by atoms with Gasteiger partial charge in [-0.05, 0) is 11.9 Å². The molecule has 1 aromatic heterocycles. The van der Waals surface area contributed by atoms with E-state index in [-0.39, 0.29) is 0 Å². The van der Waals surface area contributed by atoms with Crippen molar-refractivity contribution in [1.29, 1.82) is 0 Å². The third kappa shape index (κ3) is 0.489. The fourth-order valence-electron chi connectivity index (χ4n) is 0.186. The number of aromatic amines is 1. The minimum Gasteiger partial charge on any atom is -0.336 e. The van der Waals surface area contributed by atoms with Crippen LogP contribution in [0.5, 0.6) is 0 Å². The molecule has 1 rings (SSSR count). The van der Waals surface area contributed by atoms with Crippen molar-refractivity contribution < 1.29 is 0 Å². The van der Waals surface area contributed by atoms with Crippen LogP contribution in [0.1, 0.15) is 0 Å². The van der Waals surface area contributed by atoms with Gasteiger partial charge < -0.3 is 4.75 Å². The van der Waals surface area contributed by atoms with Crippen molar-refractivity contribution in [3.8, 4) is 0 Å². The highest BCUT2D eigenvalue weighted by molar-refractivity contribution is 7.24. The quantitative estimate of drug-likeness (QED) is 0.489. The minimum atomic E-state index is 1.15. The van der Waals surface area contributed by atoms with Crippen LogP contribution in [0.15, 0.2) is 11.9 Å². The first-order valence-electron chi connectivity index (χ1n) is 1.35. The van der Waals surface area contributed by atoms with Gasteiger partial charge in [-0.1, -0.05) is 0 Å². The molecule has 0 fully saturated rings. The van der Waals surface area contributed by atoms with E-state index in [4.69, 9.17) is 0 Å². The van der Waals surface area contributed by atoms with Crippen LogP contribution < -0.4 is 0 Å². The van der Waals surface area contributed by atoms with Gasteiger partial charge in [-0.3, -0.25) is 0 Å². The molecular weight excluding hydrogens is 81.0 g/mol. The second-order valence-corrected chi connectivity index (χ2v) is 1.48. The smallest absolute Gasteiger partial charge is 0.0661 e. The fourth-order valence-corrected chi connectivity index (χ4v) is 0.559. The highest BCUT2D eigenvalue weighted by Gasteiger charge is 1.58. The molecule has 0 unspecified atom stereocenters. The third-order valence-electron chi connectivity index (χ3n) is 0.362. The zero-order chi connectivity index (χ0) is 3.54. The molecule has 0 aromatic carbocycles. The zero-order valence-corrected chi connectivity index (χ0v) is 3.50. The predicted molar refractivity (Wildman–Crippen MR) is 22.1 cm³/mol. The lowest BCUT2D eigenvalue weighted by atomic mass is 10.8. The first-order chi connectivity index (χ1) is 2.50. The molecule has 1 heterocycles. The summed E-state index contributed by atoms with van der Waals surface area (Å²) in [6.45, 7) is 0. The maximum Gasteiger partial charge on any atom is 0.0661 e. The Bertz CT molecular complexity index is 63.4. The molecule has 0 bridgehead atoms. The van der Waals surface area contributed by atoms with Gasteiger partial charge in [-0.15, -0.1) is 0 Å². The summed E-state index contributed by atoms with van der Waals surface area (Å²) in [4.78, 5) is 0. The van der Waals surface area contributed by atoms with Gasteiger partial charge in [0.1, 0.15) is 0 Å². The van der Waals surface area contributed by atoms with Crippen molar-refractivity contribution in [3.63, 3.8) is 0 Å².